The SMILES string of the molecule is CCO/C=C(\c1ccccc1)c1ccc(C)cc1. The first-order valence-electron chi connectivity index (χ1n) is 6.25. The second-order valence-electron chi connectivity index (χ2n) is 4.22. The third-order valence-electron chi connectivity index (χ3n) is 2.82. The van der Waals surface area contributed by atoms with E-state index in [-0.39, 0.29) is 0 Å². The Morgan fingerprint density at radius 2 is 1.56 bits per heavy atom. The van der Waals surface area contributed by atoms with E-state index in [9.17, 15) is 0 Å². The van der Waals surface area contributed by atoms with E-state index >= 15 is 0 Å². The van der Waals surface area contributed by atoms with Gasteiger partial charge in [-0.1, -0.05) is 60.2 Å². The van der Waals surface area contributed by atoms with Crippen LogP contribution in [0.4, 0.5) is 0 Å². The highest BCUT2D eigenvalue weighted by Crippen LogP contribution is 2.23. The summed E-state index contributed by atoms with van der Waals surface area (Å²) in [4.78, 5) is 0. The second-order valence-corrected chi connectivity index (χ2v) is 4.22. The lowest BCUT2D eigenvalue weighted by Crippen LogP contribution is -1.90. The number of benzene rings is 2. The van der Waals surface area contributed by atoms with Crippen LogP contribution in [0.2, 0.25) is 0 Å². The van der Waals surface area contributed by atoms with Gasteiger partial charge in [0.25, 0.3) is 0 Å². The van der Waals surface area contributed by atoms with E-state index in [0.29, 0.717) is 6.61 Å². The Morgan fingerprint density at radius 1 is 0.944 bits per heavy atom. The molecule has 0 saturated carbocycles. The van der Waals surface area contributed by atoms with E-state index in [2.05, 4.69) is 43.3 Å². The number of hydrogen-bond acceptors (Lipinski definition) is 1. The molecule has 2 aromatic carbocycles. The number of rotatable bonds is 4. The standard InChI is InChI=1S/C17H18O/c1-3-18-13-17(15-7-5-4-6-8-15)16-11-9-14(2)10-12-16/h4-13H,3H2,1-2H3/b17-13+. The van der Waals surface area contributed by atoms with Crippen molar-refractivity contribution in [3.63, 3.8) is 0 Å². The first-order valence-corrected chi connectivity index (χ1v) is 6.25. The zero-order valence-electron chi connectivity index (χ0n) is 10.9. The number of ether oxygens (including phenoxy) is 1. The minimum absolute atomic E-state index is 0.683. The van der Waals surface area contributed by atoms with Crippen LogP contribution >= 0.6 is 0 Å². The molecule has 0 aliphatic heterocycles. The van der Waals surface area contributed by atoms with Crippen LogP contribution in [0.3, 0.4) is 0 Å². The lowest BCUT2D eigenvalue weighted by Gasteiger charge is -2.09. The Balaban J connectivity index is 2.40. The molecule has 0 bridgehead atoms. The van der Waals surface area contributed by atoms with Crippen LogP contribution in [-0.4, -0.2) is 6.61 Å². The second kappa shape index (κ2) is 6.06. The van der Waals surface area contributed by atoms with E-state index in [1.807, 2.05) is 31.4 Å². The summed E-state index contributed by atoms with van der Waals surface area (Å²) < 4.78 is 5.47. The van der Waals surface area contributed by atoms with Crippen LogP contribution < -0.4 is 0 Å². The molecule has 0 spiro atoms. The third-order valence-corrected chi connectivity index (χ3v) is 2.82. The Kier molecular flexibility index (Phi) is 4.19. The maximum Gasteiger partial charge on any atom is 0.0913 e. The van der Waals surface area contributed by atoms with Crippen molar-refractivity contribution in [1.82, 2.24) is 0 Å². The highest BCUT2D eigenvalue weighted by Gasteiger charge is 2.04. The van der Waals surface area contributed by atoms with Crippen LogP contribution in [0, 0.1) is 6.92 Å². The van der Waals surface area contributed by atoms with Crippen LogP contribution in [0.1, 0.15) is 23.6 Å². The molecule has 0 N–H and O–H groups in total. The average Bonchev–Trinajstić information content (AvgIpc) is 2.42. The van der Waals surface area contributed by atoms with Gasteiger partial charge in [0.15, 0.2) is 0 Å². The maximum absolute atomic E-state index is 5.47. The van der Waals surface area contributed by atoms with Crippen molar-refractivity contribution in [1.29, 1.82) is 0 Å². The van der Waals surface area contributed by atoms with Crippen molar-refractivity contribution in [2.45, 2.75) is 13.8 Å². The molecule has 18 heavy (non-hydrogen) atoms. The smallest absolute Gasteiger partial charge is 0.0913 e. The average molecular weight is 238 g/mol. The molecule has 0 amide bonds. The molecule has 0 atom stereocenters. The zero-order chi connectivity index (χ0) is 12.8. The molecule has 2 aromatic rings. The quantitative estimate of drug-likeness (QED) is 0.716. The van der Waals surface area contributed by atoms with Crippen molar-refractivity contribution < 1.29 is 4.74 Å². The van der Waals surface area contributed by atoms with Gasteiger partial charge >= 0.3 is 0 Å². The summed E-state index contributed by atoms with van der Waals surface area (Å²) >= 11 is 0. The summed E-state index contributed by atoms with van der Waals surface area (Å²) in [5.41, 5.74) is 4.75. The fourth-order valence-electron chi connectivity index (χ4n) is 1.82. The molecule has 0 radical (unpaired) electrons. The van der Waals surface area contributed by atoms with E-state index in [1.54, 1.807) is 0 Å². The first-order chi connectivity index (χ1) is 8.81. The number of aryl methyl sites for hydroxylation is 1. The summed E-state index contributed by atoms with van der Waals surface area (Å²) in [5.74, 6) is 0. The molecule has 0 aliphatic rings. The monoisotopic (exact) mass is 238 g/mol. The summed E-state index contributed by atoms with van der Waals surface area (Å²) in [6.07, 6.45) is 1.85. The van der Waals surface area contributed by atoms with Gasteiger partial charge in [0.2, 0.25) is 0 Å². The molecule has 1 heteroatoms. The van der Waals surface area contributed by atoms with E-state index in [0.717, 1.165) is 5.57 Å². The van der Waals surface area contributed by atoms with Crippen LogP contribution in [0.15, 0.2) is 60.9 Å². The predicted octanol–water partition coefficient (Wildman–Crippen LogP) is 4.42. The summed E-state index contributed by atoms with van der Waals surface area (Å²) in [6.45, 7) is 4.77. The predicted molar refractivity (Wildman–Crippen MR) is 76.3 cm³/mol. The van der Waals surface area contributed by atoms with Crippen LogP contribution in [0.5, 0.6) is 0 Å². The van der Waals surface area contributed by atoms with Crippen molar-refractivity contribution in [2.24, 2.45) is 0 Å². The molecule has 2 rings (SSSR count). The molecule has 92 valence electrons. The van der Waals surface area contributed by atoms with Gasteiger partial charge < -0.3 is 4.74 Å². The Labute approximate surface area is 109 Å². The maximum atomic E-state index is 5.47. The molecule has 0 aromatic heterocycles. The minimum atomic E-state index is 0.683. The fraction of sp³-hybridized carbons (Fsp3) is 0.176. The third kappa shape index (κ3) is 3.01. The fourth-order valence-corrected chi connectivity index (χ4v) is 1.82. The normalized spacial score (nSPS) is 11.3. The highest BCUT2D eigenvalue weighted by atomic mass is 16.5. The van der Waals surface area contributed by atoms with Gasteiger partial charge in [0.1, 0.15) is 0 Å². The van der Waals surface area contributed by atoms with Crippen molar-refractivity contribution >= 4 is 5.57 Å². The largest absolute Gasteiger partial charge is 0.501 e. The summed E-state index contributed by atoms with van der Waals surface area (Å²) in [5, 5.41) is 0. The summed E-state index contributed by atoms with van der Waals surface area (Å²) in [7, 11) is 0. The van der Waals surface area contributed by atoms with Gasteiger partial charge in [-0.15, -0.1) is 0 Å². The molecule has 1 nitrogen and oxygen atoms in total. The van der Waals surface area contributed by atoms with Crippen molar-refractivity contribution in [2.75, 3.05) is 6.61 Å². The highest BCUT2D eigenvalue weighted by molar-refractivity contribution is 5.79. The van der Waals surface area contributed by atoms with Gasteiger partial charge in [-0.3, -0.25) is 0 Å². The molecular formula is C17H18O. The molecule has 0 unspecified atom stereocenters. The van der Waals surface area contributed by atoms with Crippen LogP contribution in [0.25, 0.3) is 5.57 Å². The van der Waals surface area contributed by atoms with Gasteiger partial charge in [-0.25, -0.2) is 0 Å². The minimum Gasteiger partial charge on any atom is -0.501 e. The van der Waals surface area contributed by atoms with E-state index < -0.39 is 0 Å². The van der Waals surface area contributed by atoms with Gasteiger partial charge in [-0.2, -0.15) is 0 Å². The lowest BCUT2D eigenvalue weighted by molar-refractivity contribution is 0.271. The lowest BCUT2D eigenvalue weighted by atomic mass is 9.98. The van der Waals surface area contributed by atoms with Crippen molar-refractivity contribution in [3.05, 3.63) is 77.5 Å². The zero-order valence-corrected chi connectivity index (χ0v) is 10.9. The van der Waals surface area contributed by atoms with Gasteiger partial charge in [-0.05, 0) is 25.0 Å². The molecule has 0 aliphatic carbocycles. The topological polar surface area (TPSA) is 9.23 Å². The van der Waals surface area contributed by atoms with Gasteiger partial charge in [0.05, 0.1) is 12.9 Å². The molecule has 0 saturated heterocycles. The Morgan fingerprint density at radius 3 is 2.17 bits per heavy atom. The molecular weight excluding hydrogens is 220 g/mol. The molecule has 0 fully saturated rings. The van der Waals surface area contributed by atoms with E-state index in [1.165, 1.54) is 16.7 Å². The summed E-state index contributed by atoms with van der Waals surface area (Å²) in [6, 6.07) is 18.8. The molecule has 0 heterocycles. The van der Waals surface area contributed by atoms with Crippen LogP contribution in [-0.2, 0) is 4.74 Å². The Hall–Kier alpha value is -2.02. The van der Waals surface area contributed by atoms with E-state index in [4.69, 9.17) is 4.74 Å². The Bertz CT molecular complexity index is 509. The van der Waals surface area contributed by atoms with Gasteiger partial charge in [0, 0.05) is 5.57 Å². The van der Waals surface area contributed by atoms with Crippen molar-refractivity contribution in [3.8, 4) is 0 Å². The first kappa shape index (κ1) is 12.4. The number of hydrogen-bond donors (Lipinski definition) is 0.